The molecule has 0 saturated carbocycles. The van der Waals surface area contributed by atoms with Crippen molar-refractivity contribution in [3.05, 3.63) is 30.3 Å². The van der Waals surface area contributed by atoms with Crippen molar-refractivity contribution in [2.75, 3.05) is 19.8 Å². The van der Waals surface area contributed by atoms with Gasteiger partial charge in [0, 0.05) is 19.2 Å². The molecule has 1 aromatic rings. The SMILES string of the molecule is [c]1ccccc1ON1CCNC1. The number of benzene rings is 1. The van der Waals surface area contributed by atoms with Gasteiger partial charge in [-0.15, -0.1) is 5.06 Å². The van der Waals surface area contributed by atoms with Gasteiger partial charge in [0.05, 0.1) is 6.67 Å². The maximum atomic E-state index is 5.49. The summed E-state index contributed by atoms with van der Waals surface area (Å²) in [6, 6.07) is 10.6. The number of nitrogens with one attached hydrogen (secondary N) is 1. The Kier molecular flexibility index (Phi) is 2.25. The van der Waals surface area contributed by atoms with Crippen LogP contribution in [0.5, 0.6) is 5.75 Å². The zero-order valence-corrected chi connectivity index (χ0v) is 6.79. The summed E-state index contributed by atoms with van der Waals surface area (Å²) in [6.07, 6.45) is 0. The average molecular weight is 163 g/mol. The molecule has 0 bridgehead atoms. The fourth-order valence-corrected chi connectivity index (χ4v) is 1.14. The van der Waals surface area contributed by atoms with Crippen LogP contribution in [0.3, 0.4) is 0 Å². The van der Waals surface area contributed by atoms with E-state index in [0.29, 0.717) is 0 Å². The van der Waals surface area contributed by atoms with E-state index >= 15 is 0 Å². The van der Waals surface area contributed by atoms with E-state index in [2.05, 4.69) is 11.4 Å². The van der Waals surface area contributed by atoms with Crippen LogP contribution in [0.15, 0.2) is 24.3 Å². The van der Waals surface area contributed by atoms with Crippen LogP contribution in [0.4, 0.5) is 0 Å². The Bertz CT molecular complexity index is 232. The van der Waals surface area contributed by atoms with Gasteiger partial charge in [0.1, 0.15) is 0 Å². The lowest BCUT2D eigenvalue weighted by Crippen LogP contribution is -2.25. The van der Waals surface area contributed by atoms with Gasteiger partial charge in [0.2, 0.25) is 0 Å². The Labute approximate surface area is 71.9 Å². The number of hydrogen-bond donors (Lipinski definition) is 1. The first-order chi connectivity index (χ1) is 5.95. The zero-order chi connectivity index (χ0) is 8.23. The Morgan fingerprint density at radius 1 is 1.50 bits per heavy atom. The third-order valence-corrected chi connectivity index (χ3v) is 1.73. The summed E-state index contributed by atoms with van der Waals surface area (Å²) in [5, 5.41) is 5.06. The van der Waals surface area contributed by atoms with Gasteiger partial charge in [-0.2, -0.15) is 0 Å². The Morgan fingerprint density at radius 2 is 2.50 bits per heavy atom. The second-order valence-electron chi connectivity index (χ2n) is 2.68. The molecule has 3 nitrogen and oxygen atoms in total. The highest BCUT2D eigenvalue weighted by Crippen LogP contribution is 2.09. The normalized spacial score (nSPS) is 18.0. The number of nitrogens with zero attached hydrogens (tertiary/aromatic N) is 1. The van der Waals surface area contributed by atoms with Gasteiger partial charge in [-0.05, 0) is 6.07 Å². The Hall–Kier alpha value is -1.06. The predicted molar refractivity (Wildman–Crippen MR) is 45.5 cm³/mol. The van der Waals surface area contributed by atoms with Crippen molar-refractivity contribution in [1.29, 1.82) is 0 Å². The summed E-state index contributed by atoms with van der Waals surface area (Å²) in [7, 11) is 0. The molecule has 1 aromatic carbocycles. The van der Waals surface area contributed by atoms with Gasteiger partial charge in [-0.25, -0.2) is 0 Å². The van der Waals surface area contributed by atoms with Crippen LogP contribution in [0, 0.1) is 6.07 Å². The summed E-state index contributed by atoms with van der Waals surface area (Å²) >= 11 is 0. The molecule has 1 radical (unpaired) electrons. The molecule has 1 fully saturated rings. The third-order valence-electron chi connectivity index (χ3n) is 1.73. The molecule has 0 aliphatic carbocycles. The highest BCUT2D eigenvalue weighted by Gasteiger charge is 2.11. The largest absolute Gasteiger partial charge is 0.404 e. The molecule has 0 atom stereocenters. The Balaban J connectivity index is 1.94. The maximum Gasteiger partial charge on any atom is 0.155 e. The molecular weight excluding hydrogens is 152 g/mol. The topological polar surface area (TPSA) is 24.5 Å². The molecule has 12 heavy (non-hydrogen) atoms. The summed E-state index contributed by atoms with van der Waals surface area (Å²) < 4.78 is 0. The van der Waals surface area contributed by atoms with Crippen molar-refractivity contribution in [2.45, 2.75) is 0 Å². The smallest absolute Gasteiger partial charge is 0.155 e. The number of rotatable bonds is 2. The first-order valence-corrected chi connectivity index (χ1v) is 4.05. The summed E-state index contributed by atoms with van der Waals surface area (Å²) in [4.78, 5) is 5.49. The quantitative estimate of drug-likeness (QED) is 0.692. The van der Waals surface area contributed by atoms with E-state index in [4.69, 9.17) is 4.84 Å². The molecule has 1 aliphatic heterocycles. The zero-order valence-electron chi connectivity index (χ0n) is 6.79. The average Bonchev–Trinajstić information content (AvgIpc) is 2.59. The monoisotopic (exact) mass is 163 g/mol. The maximum absolute atomic E-state index is 5.49. The molecule has 0 amide bonds. The van der Waals surface area contributed by atoms with Crippen LogP contribution in [0.1, 0.15) is 0 Å². The van der Waals surface area contributed by atoms with Crippen LogP contribution in [0.2, 0.25) is 0 Å². The second kappa shape index (κ2) is 3.56. The van der Waals surface area contributed by atoms with E-state index in [0.717, 1.165) is 25.5 Å². The molecule has 1 N–H and O–H groups in total. The second-order valence-corrected chi connectivity index (χ2v) is 2.68. The van der Waals surface area contributed by atoms with Crippen LogP contribution in [-0.4, -0.2) is 24.8 Å². The summed E-state index contributed by atoms with van der Waals surface area (Å²) in [6.45, 7) is 2.72. The molecule has 1 aliphatic rings. The third kappa shape index (κ3) is 1.75. The van der Waals surface area contributed by atoms with Crippen LogP contribution in [-0.2, 0) is 0 Å². The summed E-state index contributed by atoms with van der Waals surface area (Å²) in [5.41, 5.74) is 0. The lowest BCUT2D eigenvalue weighted by molar-refractivity contribution is -0.0360. The van der Waals surface area contributed by atoms with Crippen molar-refractivity contribution in [3.63, 3.8) is 0 Å². The number of hydrogen-bond acceptors (Lipinski definition) is 3. The van der Waals surface area contributed by atoms with Gasteiger partial charge in [0.25, 0.3) is 0 Å². The minimum absolute atomic E-state index is 0.779. The van der Waals surface area contributed by atoms with Gasteiger partial charge in [-0.1, -0.05) is 18.2 Å². The fourth-order valence-electron chi connectivity index (χ4n) is 1.14. The van der Waals surface area contributed by atoms with Crippen molar-refractivity contribution in [3.8, 4) is 5.75 Å². The highest BCUT2D eigenvalue weighted by molar-refractivity contribution is 5.18. The minimum atomic E-state index is 0.779. The molecule has 0 unspecified atom stereocenters. The molecule has 1 heterocycles. The lowest BCUT2D eigenvalue weighted by atomic mass is 10.3. The van der Waals surface area contributed by atoms with Crippen molar-refractivity contribution in [2.24, 2.45) is 0 Å². The standard InChI is InChI=1S/C9H11N2O/c1-2-4-9(5-3-1)12-11-7-6-10-8-11/h1-4,10H,6-8H2. The molecule has 1 saturated heterocycles. The molecule has 63 valence electrons. The Morgan fingerprint density at radius 3 is 3.17 bits per heavy atom. The molecule has 2 rings (SSSR count). The predicted octanol–water partition coefficient (Wildman–Crippen LogP) is 0.643. The van der Waals surface area contributed by atoms with E-state index in [-0.39, 0.29) is 0 Å². The minimum Gasteiger partial charge on any atom is -0.404 e. The fraction of sp³-hybridized carbons (Fsp3) is 0.333. The van der Waals surface area contributed by atoms with Crippen LogP contribution in [0.25, 0.3) is 0 Å². The first kappa shape index (κ1) is 7.58. The molecule has 3 heteroatoms. The molecular formula is C9H11N2O. The summed E-state index contributed by atoms with van der Waals surface area (Å²) in [5.74, 6) is 0.779. The van der Waals surface area contributed by atoms with Crippen LogP contribution < -0.4 is 10.2 Å². The van der Waals surface area contributed by atoms with Gasteiger partial charge in [0.15, 0.2) is 5.75 Å². The van der Waals surface area contributed by atoms with E-state index in [1.54, 1.807) is 0 Å². The number of para-hydroxylation sites is 1. The highest BCUT2D eigenvalue weighted by atomic mass is 16.7. The van der Waals surface area contributed by atoms with Crippen molar-refractivity contribution >= 4 is 0 Å². The van der Waals surface area contributed by atoms with E-state index in [1.165, 1.54) is 0 Å². The number of hydroxylamine groups is 2. The van der Waals surface area contributed by atoms with Gasteiger partial charge < -0.3 is 10.2 Å². The lowest BCUT2D eigenvalue weighted by Gasteiger charge is -2.14. The molecule has 0 aromatic heterocycles. The molecule has 0 spiro atoms. The van der Waals surface area contributed by atoms with E-state index in [9.17, 15) is 0 Å². The van der Waals surface area contributed by atoms with Crippen molar-refractivity contribution in [1.82, 2.24) is 10.4 Å². The first-order valence-electron chi connectivity index (χ1n) is 4.05. The van der Waals surface area contributed by atoms with E-state index in [1.807, 2.05) is 29.3 Å². The van der Waals surface area contributed by atoms with Crippen LogP contribution >= 0.6 is 0 Å². The van der Waals surface area contributed by atoms with Gasteiger partial charge in [-0.3, -0.25) is 0 Å². The van der Waals surface area contributed by atoms with E-state index < -0.39 is 0 Å². The van der Waals surface area contributed by atoms with Crippen molar-refractivity contribution < 1.29 is 4.84 Å². The van der Waals surface area contributed by atoms with Gasteiger partial charge >= 0.3 is 0 Å².